The van der Waals surface area contributed by atoms with Crippen LogP contribution in [0.15, 0.2) is 18.2 Å². The molecule has 0 spiro atoms. The first-order valence-electron chi connectivity index (χ1n) is 8.68. The summed E-state index contributed by atoms with van der Waals surface area (Å²) in [5.41, 5.74) is -0.386. The number of benzene rings is 1. The summed E-state index contributed by atoms with van der Waals surface area (Å²) in [4.78, 5) is 0. The van der Waals surface area contributed by atoms with Gasteiger partial charge >= 0.3 is 0 Å². The number of phenols is 2. The highest BCUT2D eigenvalue weighted by atomic mass is 32.2. The Morgan fingerprint density at radius 2 is 1.67 bits per heavy atom. The smallest absolute Gasteiger partial charge is 0.212 e. The largest absolute Gasteiger partial charge is 0.508 e. The van der Waals surface area contributed by atoms with Gasteiger partial charge in [-0.25, -0.2) is 13.1 Å². The van der Waals surface area contributed by atoms with Crippen molar-refractivity contribution < 1.29 is 18.6 Å². The second-order valence-corrected chi connectivity index (χ2v) is 8.81. The zero-order valence-electron chi connectivity index (χ0n) is 15.0. The Balaban J connectivity index is 2.54. The topological polar surface area (TPSA) is 86.6 Å². The summed E-state index contributed by atoms with van der Waals surface area (Å²) in [5, 5.41) is 19.5. The fourth-order valence-corrected chi connectivity index (χ4v) is 4.47. The van der Waals surface area contributed by atoms with E-state index in [2.05, 4.69) is 11.6 Å². The van der Waals surface area contributed by atoms with Crippen molar-refractivity contribution in [3.05, 3.63) is 23.8 Å². The van der Waals surface area contributed by atoms with Crippen LogP contribution in [0.4, 0.5) is 0 Å². The summed E-state index contributed by atoms with van der Waals surface area (Å²) in [7, 11) is -3.46. The lowest BCUT2D eigenvalue weighted by atomic mass is 9.86. The zero-order chi connectivity index (χ0) is 18.2. The number of hydrogen-bond acceptors (Lipinski definition) is 4. The minimum atomic E-state index is -3.46. The number of phenolic OH excluding ortho intramolecular Hbond substituents is 2. The normalized spacial score (nSPS) is 12.5. The van der Waals surface area contributed by atoms with Crippen LogP contribution in [0.1, 0.15) is 64.9 Å². The summed E-state index contributed by atoms with van der Waals surface area (Å²) in [6, 6.07) is 4.17. The third-order valence-electron chi connectivity index (χ3n) is 4.11. The molecule has 0 aliphatic carbocycles. The van der Waals surface area contributed by atoms with Gasteiger partial charge in [-0.1, -0.05) is 52.9 Å². The number of aromatic hydroxyl groups is 2. The van der Waals surface area contributed by atoms with Crippen molar-refractivity contribution in [3.63, 3.8) is 0 Å². The standard InChI is InChI=1S/C18H31NO4S/c1-4-5-6-7-8-9-12-19-24(22,23)14-18(2,3)16-13-15(20)10-11-17(16)21/h10-11,13,19-21H,4-9,12,14H2,1-3H3. The van der Waals surface area contributed by atoms with Gasteiger partial charge in [-0.15, -0.1) is 0 Å². The van der Waals surface area contributed by atoms with Gasteiger partial charge in [0.15, 0.2) is 0 Å². The van der Waals surface area contributed by atoms with Crippen LogP contribution >= 0.6 is 0 Å². The van der Waals surface area contributed by atoms with Crippen LogP contribution in [-0.2, 0) is 15.4 Å². The van der Waals surface area contributed by atoms with Crippen LogP contribution in [0.3, 0.4) is 0 Å². The Hall–Kier alpha value is -1.27. The van der Waals surface area contributed by atoms with E-state index in [-0.39, 0.29) is 17.3 Å². The number of nitrogens with one attached hydrogen (secondary N) is 1. The van der Waals surface area contributed by atoms with Gasteiger partial charge in [0.05, 0.1) is 5.75 Å². The van der Waals surface area contributed by atoms with E-state index in [1.165, 1.54) is 37.5 Å². The first kappa shape index (κ1) is 20.8. The molecule has 0 aliphatic heterocycles. The zero-order valence-corrected chi connectivity index (χ0v) is 15.8. The van der Waals surface area contributed by atoms with E-state index < -0.39 is 15.4 Å². The Morgan fingerprint density at radius 3 is 2.33 bits per heavy atom. The lowest BCUT2D eigenvalue weighted by Gasteiger charge is -2.26. The van der Waals surface area contributed by atoms with E-state index >= 15 is 0 Å². The molecule has 0 bridgehead atoms. The second-order valence-electron chi connectivity index (χ2n) is 7.01. The molecule has 0 fully saturated rings. The van der Waals surface area contributed by atoms with E-state index in [1.807, 2.05) is 0 Å². The molecule has 0 aliphatic rings. The number of hydrogen-bond donors (Lipinski definition) is 3. The maximum atomic E-state index is 12.3. The summed E-state index contributed by atoms with van der Waals surface area (Å²) < 4.78 is 27.2. The minimum Gasteiger partial charge on any atom is -0.508 e. The fraction of sp³-hybridized carbons (Fsp3) is 0.667. The second kappa shape index (κ2) is 9.28. The minimum absolute atomic E-state index is 0.00770. The number of sulfonamides is 1. The van der Waals surface area contributed by atoms with Gasteiger partial charge in [0.2, 0.25) is 10.0 Å². The molecule has 0 saturated carbocycles. The quantitative estimate of drug-likeness (QED) is 0.417. The molecule has 0 aromatic heterocycles. The van der Waals surface area contributed by atoms with Crippen molar-refractivity contribution >= 4 is 10.0 Å². The molecule has 24 heavy (non-hydrogen) atoms. The fourth-order valence-electron chi connectivity index (χ4n) is 2.80. The molecule has 0 amide bonds. The highest BCUT2D eigenvalue weighted by Crippen LogP contribution is 2.34. The molecule has 1 aromatic rings. The molecule has 0 atom stereocenters. The third kappa shape index (κ3) is 7.09. The monoisotopic (exact) mass is 357 g/mol. The molecular formula is C18H31NO4S. The summed E-state index contributed by atoms with van der Waals surface area (Å²) in [6.07, 6.45) is 6.63. The molecular weight excluding hydrogens is 326 g/mol. The number of rotatable bonds is 11. The van der Waals surface area contributed by atoms with Gasteiger partial charge in [-0.2, -0.15) is 0 Å². The Labute approximate surface area is 146 Å². The van der Waals surface area contributed by atoms with Crippen LogP contribution in [0.5, 0.6) is 11.5 Å². The maximum Gasteiger partial charge on any atom is 0.212 e. The van der Waals surface area contributed by atoms with Crippen molar-refractivity contribution in [3.8, 4) is 11.5 Å². The molecule has 138 valence electrons. The van der Waals surface area contributed by atoms with E-state index in [9.17, 15) is 18.6 Å². The van der Waals surface area contributed by atoms with Gasteiger partial charge in [0.25, 0.3) is 0 Å². The van der Waals surface area contributed by atoms with Gasteiger partial charge in [0, 0.05) is 17.5 Å². The molecule has 0 saturated heterocycles. The average molecular weight is 358 g/mol. The summed E-state index contributed by atoms with van der Waals surface area (Å²) in [6.45, 7) is 6.09. The molecule has 0 heterocycles. The molecule has 0 unspecified atom stereocenters. The highest BCUT2D eigenvalue weighted by Gasteiger charge is 2.30. The van der Waals surface area contributed by atoms with Crippen LogP contribution in [0.25, 0.3) is 0 Å². The molecule has 1 rings (SSSR count). The summed E-state index contributed by atoms with van der Waals surface area (Å²) in [5.74, 6) is -0.149. The Bertz CT molecular complexity index is 611. The highest BCUT2D eigenvalue weighted by molar-refractivity contribution is 7.89. The Kier molecular flexibility index (Phi) is 8.03. The van der Waals surface area contributed by atoms with Gasteiger partial charge in [0.1, 0.15) is 11.5 Å². The number of unbranched alkanes of at least 4 members (excludes halogenated alkanes) is 5. The van der Waals surface area contributed by atoms with Crippen LogP contribution in [0, 0.1) is 0 Å². The van der Waals surface area contributed by atoms with Crippen molar-refractivity contribution in [2.45, 2.75) is 64.7 Å². The molecule has 5 nitrogen and oxygen atoms in total. The third-order valence-corrected chi connectivity index (χ3v) is 5.86. The van der Waals surface area contributed by atoms with Crippen molar-refractivity contribution in [2.24, 2.45) is 0 Å². The Morgan fingerprint density at radius 1 is 1.04 bits per heavy atom. The van der Waals surface area contributed by atoms with Gasteiger partial charge < -0.3 is 10.2 Å². The maximum absolute atomic E-state index is 12.3. The van der Waals surface area contributed by atoms with Crippen molar-refractivity contribution in [1.29, 1.82) is 0 Å². The van der Waals surface area contributed by atoms with E-state index in [1.54, 1.807) is 13.8 Å². The predicted molar refractivity (Wildman–Crippen MR) is 98.0 cm³/mol. The van der Waals surface area contributed by atoms with E-state index in [0.29, 0.717) is 12.1 Å². The first-order valence-corrected chi connectivity index (χ1v) is 10.3. The lowest BCUT2D eigenvalue weighted by molar-refractivity contribution is 0.434. The van der Waals surface area contributed by atoms with Crippen molar-refractivity contribution in [1.82, 2.24) is 4.72 Å². The van der Waals surface area contributed by atoms with E-state index in [4.69, 9.17) is 0 Å². The molecule has 3 N–H and O–H groups in total. The van der Waals surface area contributed by atoms with Crippen molar-refractivity contribution in [2.75, 3.05) is 12.3 Å². The summed E-state index contributed by atoms with van der Waals surface area (Å²) >= 11 is 0. The molecule has 1 aromatic carbocycles. The van der Waals surface area contributed by atoms with Crippen LogP contribution < -0.4 is 4.72 Å². The molecule has 0 radical (unpaired) electrons. The first-order chi connectivity index (χ1) is 11.2. The molecule has 6 heteroatoms. The van der Waals surface area contributed by atoms with E-state index in [0.717, 1.165) is 19.3 Å². The predicted octanol–water partition coefficient (Wildman–Crippen LogP) is 3.66. The average Bonchev–Trinajstić information content (AvgIpc) is 2.47. The van der Waals surface area contributed by atoms with Crippen LogP contribution in [0.2, 0.25) is 0 Å². The van der Waals surface area contributed by atoms with Gasteiger partial charge in [-0.05, 0) is 24.6 Å². The van der Waals surface area contributed by atoms with Gasteiger partial charge in [-0.3, -0.25) is 0 Å². The van der Waals surface area contributed by atoms with Crippen LogP contribution in [-0.4, -0.2) is 30.9 Å². The SMILES string of the molecule is CCCCCCCCNS(=O)(=O)CC(C)(C)c1cc(O)ccc1O. The lowest BCUT2D eigenvalue weighted by Crippen LogP contribution is -2.36.